The van der Waals surface area contributed by atoms with Gasteiger partial charge in [-0.3, -0.25) is 4.79 Å². The molecule has 124 valence electrons. The SMILES string of the molecule is COc1cc2nc(C[NH+]3CCC[C@H](C)C3)[nH]c(=O)c2cc1OC. The number of piperidine rings is 1. The fraction of sp³-hybridized carbons (Fsp3) is 0.529. The summed E-state index contributed by atoms with van der Waals surface area (Å²) in [6.07, 6.45) is 2.53. The Kier molecular flexibility index (Phi) is 4.52. The van der Waals surface area contributed by atoms with Crippen LogP contribution in [0, 0.1) is 5.92 Å². The Morgan fingerprint density at radius 1 is 1.30 bits per heavy atom. The summed E-state index contributed by atoms with van der Waals surface area (Å²) in [6.45, 7) is 5.31. The normalized spacial score (nSPS) is 21.3. The zero-order valence-corrected chi connectivity index (χ0v) is 13.9. The molecule has 2 atom stereocenters. The lowest BCUT2D eigenvalue weighted by Crippen LogP contribution is -3.12. The largest absolute Gasteiger partial charge is 0.493 e. The van der Waals surface area contributed by atoms with Gasteiger partial charge in [-0.05, 0) is 18.9 Å². The standard InChI is InChI=1S/C17H23N3O3/c1-11-5-4-6-20(9-11)10-16-18-13-8-15(23-3)14(22-2)7-12(13)17(21)19-16/h7-8,11H,4-6,9-10H2,1-3H3,(H,18,19,21)/p+1/t11-/m0/s1. The number of fused-ring (bicyclic) bond motifs is 1. The van der Waals surface area contributed by atoms with Gasteiger partial charge in [-0.15, -0.1) is 0 Å². The Bertz CT molecular complexity index is 757. The highest BCUT2D eigenvalue weighted by Crippen LogP contribution is 2.29. The minimum Gasteiger partial charge on any atom is -0.493 e. The molecule has 23 heavy (non-hydrogen) atoms. The average Bonchev–Trinajstić information content (AvgIpc) is 2.53. The monoisotopic (exact) mass is 318 g/mol. The van der Waals surface area contributed by atoms with E-state index < -0.39 is 0 Å². The Hall–Kier alpha value is -2.08. The highest BCUT2D eigenvalue weighted by Gasteiger charge is 2.21. The number of hydrogen-bond donors (Lipinski definition) is 2. The zero-order chi connectivity index (χ0) is 16.4. The molecule has 1 aromatic carbocycles. The fourth-order valence-corrected chi connectivity index (χ4v) is 3.39. The van der Waals surface area contributed by atoms with Gasteiger partial charge in [-0.25, -0.2) is 4.98 Å². The molecule has 0 bridgehead atoms. The lowest BCUT2D eigenvalue weighted by Gasteiger charge is -2.27. The number of likely N-dealkylation sites (tertiary alicyclic amines) is 1. The van der Waals surface area contributed by atoms with E-state index in [0.29, 0.717) is 22.4 Å². The Morgan fingerprint density at radius 2 is 2.04 bits per heavy atom. The van der Waals surface area contributed by atoms with Crippen molar-refractivity contribution in [2.45, 2.75) is 26.3 Å². The molecule has 2 N–H and O–H groups in total. The van der Waals surface area contributed by atoms with Gasteiger partial charge in [-0.1, -0.05) is 6.92 Å². The van der Waals surface area contributed by atoms with Crippen LogP contribution in [0.1, 0.15) is 25.6 Å². The lowest BCUT2D eigenvalue weighted by atomic mass is 10.0. The molecule has 1 saturated heterocycles. The molecule has 3 rings (SSSR count). The van der Waals surface area contributed by atoms with Crippen LogP contribution in [0.15, 0.2) is 16.9 Å². The average molecular weight is 318 g/mol. The van der Waals surface area contributed by atoms with E-state index in [2.05, 4.69) is 16.9 Å². The van der Waals surface area contributed by atoms with Crippen LogP contribution in [0.5, 0.6) is 11.5 Å². The number of quaternary nitrogens is 1. The van der Waals surface area contributed by atoms with Gasteiger partial charge in [0.25, 0.3) is 5.56 Å². The number of rotatable bonds is 4. The Morgan fingerprint density at radius 3 is 2.74 bits per heavy atom. The van der Waals surface area contributed by atoms with Gasteiger partial charge in [0.05, 0.1) is 38.2 Å². The molecule has 0 saturated carbocycles. The molecular weight excluding hydrogens is 294 g/mol. The molecule has 1 unspecified atom stereocenters. The molecule has 6 nitrogen and oxygen atoms in total. The third kappa shape index (κ3) is 3.32. The van der Waals surface area contributed by atoms with Crippen molar-refractivity contribution < 1.29 is 14.4 Å². The molecule has 2 heterocycles. The first kappa shape index (κ1) is 15.8. The predicted octanol–water partition coefficient (Wildman–Crippen LogP) is 0.755. The molecule has 2 aromatic rings. The van der Waals surface area contributed by atoms with Crippen LogP contribution in [0.4, 0.5) is 0 Å². The van der Waals surface area contributed by atoms with Crippen LogP contribution >= 0.6 is 0 Å². The number of H-pyrrole nitrogens is 1. The second-order valence-electron chi connectivity index (χ2n) is 6.37. The maximum absolute atomic E-state index is 12.4. The lowest BCUT2D eigenvalue weighted by molar-refractivity contribution is -0.922. The minimum absolute atomic E-state index is 0.129. The van der Waals surface area contributed by atoms with E-state index in [4.69, 9.17) is 9.47 Å². The molecule has 1 aliphatic heterocycles. The van der Waals surface area contributed by atoms with E-state index >= 15 is 0 Å². The van der Waals surface area contributed by atoms with Crippen molar-refractivity contribution in [3.63, 3.8) is 0 Å². The highest BCUT2D eigenvalue weighted by molar-refractivity contribution is 5.81. The number of aromatic nitrogens is 2. The van der Waals surface area contributed by atoms with E-state index in [1.807, 2.05) is 0 Å². The van der Waals surface area contributed by atoms with Crippen molar-refractivity contribution in [3.8, 4) is 11.5 Å². The van der Waals surface area contributed by atoms with E-state index in [-0.39, 0.29) is 5.56 Å². The first-order valence-corrected chi connectivity index (χ1v) is 8.09. The van der Waals surface area contributed by atoms with Gasteiger partial charge in [-0.2, -0.15) is 0 Å². The summed E-state index contributed by atoms with van der Waals surface area (Å²) >= 11 is 0. The second kappa shape index (κ2) is 6.58. The maximum Gasteiger partial charge on any atom is 0.259 e. The molecule has 1 aliphatic rings. The summed E-state index contributed by atoms with van der Waals surface area (Å²) in [4.78, 5) is 21.4. The van der Waals surface area contributed by atoms with Gasteiger partial charge >= 0.3 is 0 Å². The summed E-state index contributed by atoms with van der Waals surface area (Å²) in [7, 11) is 3.14. The van der Waals surface area contributed by atoms with Gasteiger partial charge in [0.1, 0.15) is 6.54 Å². The fourth-order valence-electron chi connectivity index (χ4n) is 3.39. The van der Waals surface area contributed by atoms with Crippen LogP contribution in [-0.2, 0) is 6.54 Å². The second-order valence-corrected chi connectivity index (χ2v) is 6.37. The van der Waals surface area contributed by atoms with Crippen LogP contribution < -0.4 is 19.9 Å². The predicted molar refractivity (Wildman–Crippen MR) is 88.3 cm³/mol. The molecule has 6 heteroatoms. The van der Waals surface area contributed by atoms with Crippen molar-refractivity contribution >= 4 is 10.9 Å². The number of benzene rings is 1. The smallest absolute Gasteiger partial charge is 0.259 e. The van der Waals surface area contributed by atoms with Gasteiger partial charge in [0.15, 0.2) is 17.3 Å². The first-order chi connectivity index (χ1) is 11.1. The highest BCUT2D eigenvalue weighted by atomic mass is 16.5. The minimum atomic E-state index is -0.129. The summed E-state index contributed by atoms with van der Waals surface area (Å²) in [5, 5.41) is 0.522. The Labute approximate surface area is 135 Å². The van der Waals surface area contributed by atoms with E-state index in [1.54, 1.807) is 26.4 Å². The molecule has 0 radical (unpaired) electrons. The van der Waals surface area contributed by atoms with Crippen LogP contribution in [0.25, 0.3) is 10.9 Å². The summed E-state index contributed by atoms with van der Waals surface area (Å²) in [5.74, 6) is 2.59. The summed E-state index contributed by atoms with van der Waals surface area (Å²) in [5.41, 5.74) is 0.515. The molecule has 1 aromatic heterocycles. The Balaban J connectivity index is 1.95. The van der Waals surface area contributed by atoms with Gasteiger partial charge in [0.2, 0.25) is 0 Å². The van der Waals surface area contributed by atoms with E-state index in [9.17, 15) is 4.79 Å². The maximum atomic E-state index is 12.4. The third-order valence-electron chi connectivity index (χ3n) is 4.54. The van der Waals surface area contributed by atoms with Crippen LogP contribution in [0.3, 0.4) is 0 Å². The number of hydrogen-bond acceptors (Lipinski definition) is 4. The quantitative estimate of drug-likeness (QED) is 0.873. The first-order valence-electron chi connectivity index (χ1n) is 8.09. The number of methoxy groups -OCH3 is 2. The zero-order valence-electron chi connectivity index (χ0n) is 13.9. The van der Waals surface area contributed by atoms with Gasteiger partial charge in [0, 0.05) is 12.0 Å². The van der Waals surface area contributed by atoms with Crippen molar-refractivity contribution in [2.24, 2.45) is 5.92 Å². The van der Waals surface area contributed by atoms with Crippen LogP contribution in [0.2, 0.25) is 0 Å². The molecule has 0 amide bonds. The number of nitrogens with one attached hydrogen (secondary N) is 2. The molecule has 0 aliphatic carbocycles. The van der Waals surface area contributed by atoms with E-state index in [0.717, 1.165) is 31.4 Å². The number of ether oxygens (including phenoxy) is 2. The molecule has 1 fully saturated rings. The number of nitrogens with zero attached hydrogens (tertiary/aromatic N) is 1. The summed E-state index contributed by atoms with van der Waals surface area (Å²) in [6, 6.07) is 3.45. The summed E-state index contributed by atoms with van der Waals surface area (Å²) < 4.78 is 10.6. The third-order valence-corrected chi connectivity index (χ3v) is 4.54. The topological polar surface area (TPSA) is 68.7 Å². The number of aromatic amines is 1. The van der Waals surface area contributed by atoms with E-state index in [1.165, 1.54) is 17.7 Å². The molecular formula is C17H24N3O3+. The van der Waals surface area contributed by atoms with Crippen molar-refractivity contribution in [1.82, 2.24) is 9.97 Å². The molecule has 0 spiro atoms. The van der Waals surface area contributed by atoms with Gasteiger partial charge < -0.3 is 19.4 Å². The van der Waals surface area contributed by atoms with Crippen molar-refractivity contribution in [1.29, 1.82) is 0 Å². The van der Waals surface area contributed by atoms with Crippen LogP contribution in [-0.4, -0.2) is 37.3 Å². The van der Waals surface area contributed by atoms with Crippen molar-refractivity contribution in [2.75, 3.05) is 27.3 Å². The van der Waals surface area contributed by atoms with Crippen molar-refractivity contribution in [3.05, 3.63) is 28.3 Å².